The smallest absolute Gasteiger partial charge is 0.109 e. The summed E-state index contributed by atoms with van der Waals surface area (Å²) in [5, 5.41) is 3.46. The topological polar surface area (TPSA) is 54.9 Å². The van der Waals surface area contributed by atoms with E-state index in [9.17, 15) is 4.21 Å². The van der Waals surface area contributed by atoms with Gasteiger partial charge in [-0.3, -0.25) is 4.21 Å². The van der Waals surface area contributed by atoms with Crippen LogP contribution in [0.1, 0.15) is 16.7 Å². The average molecular weight is 331 g/mol. The lowest BCUT2D eigenvalue weighted by Gasteiger charge is -2.13. The van der Waals surface area contributed by atoms with Gasteiger partial charge < -0.3 is 5.32 Å². The van der Waals surface area contributed by atoms with Gasteiger partial charge >= 0.3 is 0 Å². The Morgan fingerprint density at radius 1 is 1.14 bits per heavy atom. The summed E-state index contributed by atoms with van der Waals surface area (Å²) in [4.78, 5) is 0. The van der Waals surface area contributed by atoms with Crippen LogP contribution < -0.4 is 5.32 Å². The van der Waals surface area contributed by atoms with E-state index in [1.54, 1.807) is 6.26 Å². The van der Waals surface area contributed by atoms with Gasteiger partial charge in [0.2, 0.25) is 0 Å². The largest absolute Gasteiger partial charge is 0.381 e. The molecule has 1 heterocycles. The number of benzene rings is 2. The van der Waals surface area contributed by atoms with Crippen molar-refractivity contribution in [3.8, 4) is 0 Å². The van der Waals surface area contributed by atoms with Crippen LogP contribution in [0.3, 0.4) is 0 Å². The van der Waals surface area contributed by atoms with Crippen molar-refractivity contribution in [2.45, 2.75) is 19.2 Å². The molecule has 22 heavy (non-hydrogen) atoms. The zero-order valence-electron chi connectivity index (χ0n) is 12.5. The summed E-state index contributed by atoms with van der Waals surface area (Å²) >= 11 is 1.24. The highest BCUT2D eigenvalue weighted by Crippen LogP contribution is 2.22. The molecule has 1 aromatic heterocycles. The maximum absolute atomic E-state index is 11.4. The van der Waals surface area contributed by atoms with Crippen LogP contribution in [0.4, 0.5) is 5.69 Å². The molecule has 3 aromatic rings. The summed E-state index contributed by atoms with van der Waals surface area (Å²) in [6.45, 7) is 2.76. The first-order chi connectivity index (χ1) is 10.6. The molecule has 0 fully saturated rings. The van der Waals surface area contributed by atoms with E-state index in [1.165, 1.54) is 11.7 Å². The van der Waals surface area contributed by atoms with E-state index < -0.39 is 10.8 Å². The standard InChI is InChI=1S/C16H17N3OS2/c1-11-13(10-22(2)20)6-4-7-14(11)17-9-12-5-3-8-15-16(12)19-21-18-15/h3-8,17H,9-10H2,1-2H3. The first-order valence-electron chi connectivity index (χ1n) is 6.97. The lowest BCUT2D eigenvalue weighted by Crippen LogP contribution is -2.04. The third kappa shape index (κ3) is 3.18. The van der Waals surface area contributed by atoms with Gasteiger partial charge in [-0.05, 0) is 30.2 Å². The summed E-state index contributed by atoms with van der Waals surface area (Å²) in [6.07, 6.45) is 1.73. The van der Waals surface area contributed by atoms with Gasteiger partial charge in [0, 0.05) is 40.6 Å². The van der Waals surface area contributed by atoms with E-state index in [1.807, 2.05) is 24.3 Å². The molecule has 114 valence electrons. The third-order valence-corrected chi connectivity index (χ3v) is 4.90. The number of nitrogens with one attached hydrogen (secondary N) is 1. The van der Waals surface area contributed by atoms with Crippen molar-refractivity contribution in [2.24, 2.45) is 0 Å². The van der Waals surface area contributed by atoms with Crippen LogP contribution in [0.15, 0.2) is 36.4 Å². The highest BCUT2D eigenvalue weighted by molar-refractivity contribution is 7.83. The quantitative estimate of drug-likeness (QED) is 0.777. The first-order valence-corrected chi connectivity index (χ1v) is 9.43. The zero-order valence-corrected chi connectivity index (χ0v) is 14.1. The monoisotopic (exact) mass is 331 g/mol. The molecule has 0 bridgehead atoms. The summed E-state index contributed by atoms with van der Waals surface area (Å²) < 4.78 is 20.1. The molecule has 2 aromatic carbocycles. The van der Waals surface area contributed by atoms with Crippen LogP contribution in [-0.2, 0) is 23.1 Å². The summed E-state index contributed by atoms with van der Waals surface area (Å²) in [6, 6.07) is 12.1. The molecule has 4 nitrogen and oxygen atoms in total. The van der Waals surface area contributed by atoms with Crippen LogP contribution in [0.25, 0.3) is 11.0 Å². The van der Waals surface area contributed by atoms with Crippen molar-refractivity contribution in [1.29, 1.82) is 0 Å². The normalized spacial score (nSPS) is 12.5. The minimum atomic E-state index is -0.833. The molecular weight excluding hydrogens is 314 g/mol. The number of nitrogens with zero attached hydrogens (tertiary/aromatic N) is 2. The summed E-state index contributed by atoms with van der Waals surface area (Å²) in [7, 11) is -0.833. The van der Waals surface area contributed by atoms with E-state index in [0.29, 0.717) is 12.3 Å². The number of aromatic nitrogens is 2. The molecule has 0 saturated carbocycles. The maximum atomic E-state index is 11.4. The lowest BCUT2D eigenvalue weighted by molar-refractivity contribution is 0.686. The second-order valence-corrected chi connectivity index (χ2v) is 7.17. The minimum absolute atomic E-state index is 0.590. The Hall–Kier alpha value is -1.79. The minimum Gasteiger partial charge on any atom is -0.381 e. The van der Waals surface area contributed by atoms with Crippen molar-refractivity contribution in [3.63, 3.8) is 0 Å². The zero-order chi connectivity index (χ0) is 15.5. The van der Waals surface area contributed by atoms with E-state index in [0.717, 1.165) is 33.4 Å². The van der Waals surface area contributed by atoms with Gasteiger partial charge in [-0.25, -0.2) is 0 Å². The molecule has 0 spiro atoms. The number of hydrogen-bond acceptors (Lipinski definition) is 5. The molecule has 3 rings (SSSR count). The van der Waals surface area contributed by atoms with Crippen molar-refractivity contribution in [3.05, 3.63) is 53.1 Å². The Kier molecular flexibility index (Phi) is 4.49. The van der Waals surface area contributed by atoms with Gasteiger partial charge in [0.15, 0.2) is 0 Å². The SMILES string of the molecule is Cc1c(CS(C)=O)cccc1NCc1cccc2nsnc12. The van der Waals surface area contributed by atoms with E-state index in [-0.39, 0.29) is 0 Å². The fraction of sp³-hybridized carbons (Fsp3) is 0.250. The highest BCUT2D eigenvalue weighted by Gasteiger charge is 2.08. The fourth-order valence-electron chi connectivity index (χ4n) is 2.45. The van der Waals surface area contributed by atoms with E-state index in [4.69, 9.17) is 0 Å². The Labute approximate surface area is 136 Å². The van der Waals surface area contributed by atoms with Gasteiger partial charge in [-0.1, -0.05) is 24.3 Å². The van der Waals surface area contributed by atoms with E-state index in [2.05, 4.69) is 33.1 Å². The second-order valence-electron chi connectivity index (χ2n) is 5.21. The fourth-order valence-corrected chi connectivity index (χ4v) is 3.76. The van der Waals surface area contributed by atoms with Crippen molar-refractivity contribution >= 4 is 39.2 Å². The van der Waals surface area contributed by atoms with Crippen LogP contribution in [-0.4, -0.2) is 19.2 Å². The molecule has 0 aliphatic rings. The molecule has 0 aliphatic heterocycles. The molecule has 0 amide bonds. The summed E-state index contributed by atoms with van der Waals surface area (Å²) in [5.41, 5.74) is 6.39. The molecule has 0 saturated heterocycles. The number of rotatable bonds is 5. The molecule has 1 N–H and O–H groups in total. The third-order valence-electron chi connectivity index (χ3n) is 3.64. The van der Waals surface area contributed by atoms with Crippen LogP contribution in [0.5, 0.6) is 0 Å². The summed E-state index contributed by atoms with van der Waals surface area (Å²) in [5.74, 6) is 0.590. The van der Waals surface area contributed by atoms with Crippen LogP contribution >= 0.6 is 11.7 Å². The molecule has 0 radical (unpaired) electrons. The Bertz CT molecular complexity index is 829. The van der Waals surface area contributed by atoms with Gasteiger partial charge in [0.25, 0.3) is 0 Å². The Morgan fingerprint density at radius 3 is 2.73 bits per heavy atom. The number of anilines is 1. The molecule has 1 atom stereocenters. The number of hydrogen-bond donors (Lipinski definition) is 1. The van der Waals surface area contributed by atoms with Crippen LogP contribution in [0, 0.1) is 6.92 Å². The van der Waals surface area contributed by atoms with Crippen molar-refractivity contribution < 1.29 is 4.21 Å². The highest BCUT2D eigenvalue weighted by atomic mass is 32.2. The Balaban J connectivity index is 1.82. The van der Waals surface area contributed by atoms with E-state index >= 15 is 0 Å². The lowest BCUT2D eigenvalue weighted by atomic mass is 10.1. The van der Waals surface area contributed by atoms with Crippen molar-refractivity contribution in [1.82, 2.24) is 8.75 Å². The van der Waals surface area contributed by atoms with Crippen LogP contribution in [0.2, 0.25) is 0 Å². The first kappa shape index (κ1) is 15.1. The Morgan fingerprint density at radius 2 is 1.91 bits per heavy atom. The predicted octanol–water partition coefficient (Wildman–Crippen LogP) is 3.49. The van der Waals surface area contributed by atoms with Gasteiger partial charge in [0.05, 0.1) is 11.7 Å². The number of fused-ring (bicyclic) bond motifs is 1. The van der Waals surface area contributed by atoms with Gasteiger partial charge in [-0.15, -0.1) is 0 Å². The molecule has 1 unspecified atom stereocenters. The molecule has 0 aliphatic carbocycles. The van der Waals surface area contributed by atoms with Gasteiger partial charge in [-0.2, -0.15) is 8.75 Å². The van der Waals surface area contributed by atoms with Gasteiger partial charge in [0.1, 0.15) is 11.0 Å². The van der Waals surface area contributed by atoms with Crippen molar-refractivity contribution in [2.75, 3.05) is 11.6 Å². The molecule has 6 heteroatoms. The molecular formula is C16H17N3OS2. The second kappa shape index (κ2) is 6.54. The predicted molar refractivity (Wildman–Crippen MR) is 93.7 cm³/mol. The maximum Gasteiger partial charge on any atom is 0.109 e. The average Bonchev–Trinajstić information content (AvgIpc) is 2.97.